The zero-order valence-corrected chi connectivity index (χ0v) is 11.9. The third-order valence-electron chi connectivity index (χ3n) is 4.67. The molecule has 1 nitrogen and oxygen atoms in total. The summed E-state index contributed by atoms with van der Waals surface area (Å²) < 4.78 is 0. The summed E-state index contributed by atoms with van der Waals surface area (Å²) in [5.41, 5.74) is 7.59. The number of nitrogens with two attached hydrogens (primary N) is 1. The van der Waals surface area contributed by atoms with E-state index in [1.165, 1.54) is 31.2 Å². The van der Waals surface area contributed by atoms with Crippen LogP contribution in [0.15, 0.2) is 18.2 Å². The molecule has 1 aromatic rings. The summed E-state index contributed by atoms with van der Waals surface area (Å²) in [6, 6.07) is 6.15. The van der Waals surface area contributed by atoms with Crippen LogP contribution in [0.5, 0.6) is 0 Å². The Labute approximate surface area is 119 Å². The van der Waals surface area contributed by atoms with Crippen molar-refractivity contribution in [2.45, 2.75) is 38.1 Å². The molecule has 0 heterocycles. The smallest absolute Gasteiger partial charge is 0.0595 e. The van der Waals surface area contributed by atoms with Crippen molar-refractivity contribution in [3.63, 3.8) is 0 Å². The monoisotopic (exact) mass is 283 g/mol. The third kappa shape index (κ3) is 2.41. The molecule has 2 N–H and O–H groups in total. The fourth-order valence-electron chi connectivity index (χ4n) is 3.76. The number of rotatable bonds is 3. The largest absolute Gasteiger partial charge is 0.327 e. The molecule has 0 spiro atoms. The standard InChI is InChI=1S/C15H19Cl2N/c16-12-6-5-9(7-13(12)17)8-14(18)15-10-3-1-2-4-11(10)15/h5-7,10-11,14-15H,1-4,8,18H2. The first kappa shape index (κ1) is 12.8. The molecule has 18 heavy (non-hydrogen) atoms. The molecule has 98 valence electrons. The van der Waals surface area contributed by atoms with Crippen molar-refractivity contribution in [1.29, 1.82) is 0 Å². The van der Waals surface area contributed by atoms with Gasteiger partial charge in [-0.2, -0.15) is 0 Å². The molecule has 0 bridgehead atoms. The molecule has 0 aromatic heterocycles. The molecule has 2 fully saturated rings. The minimum absolute atomic E-state index is 0.287. The second-order valence-corrected chi connectivity index (χ2v) is 6.62. The number of hydrogen-bond donors (Lipinski definition) is 1. The highest BCUT2D eigenvalue weighted by molar-refractivity contribution is 6.42. The van der Waals surface area contributed by atoms with Crippen molar-refractivity contribution in [3.8, 4) is 0 Å². The number of benzene rings is 1. The predicted molar refractivity (Wildman–Crippen MR) is 77.1 cm³/mol. The molecule has 2 saturated carbocycles. The van der Waals surface area contributed by atoms with Gasteiger partial charge in [0.25, 0.3) is 0 Å². The molecule has 0 aliphatic heterocycles. The van der Waals surface area contributed by atoms with E-state index in [0.717, 1.165) is 24.2 Å². The van der Waals surface area contributed by atoms with E-state index in [1.807, 2.05) is 18.2 Å². The topological polar surface area (TPSA) is 26.0 Å². The molecule has 0 amide bonds. The van der Waals surface area contributed by atoms with Gasteiger partial charge in [0.1, 0.15) is 0 Å². The molecule has 2 aliphatic rings. The van der Waals surface area contributed by atoms with Crippen molar-refractivity contribution >= 4 is 23.2 Å². The summed E-state index contributed by atoms with van der Waals surface area (Å²) in [5.74, 6) is 2.58. The summed E-state index contributed by atoms with van der Waals surface area (Å²) in [6.07, 6.45) is 6.51. The Hall–Kier alpha value is -0.240. The lowest BCUT2D eigenvalue weighted by Crippen LogP contribution is -2.26. The predicted octanol–water partition coefficient (Wildman–Crippen LogP) is 4.30. The van der Waals surface area contributed by atoms with E-state index in [9.17, 15) is 0 Å². The van der Waals surface area contributed by atoms with Crippen molar-refractivity contribution in [2.24, 2.45) is 23.5 Å². The summed E-state index contributed by atoms with van der Waals surface area (Å²) in [6.45, 7) is 0. The maximum absolute atomic E-state index is 6.38. The fraction of sp³-hybridized carbons (Fsp3) is 0.600. The third-order valence-corrected chi connectivity index (χ3v) is 5.41. The second kappa shape index (κ2) is 5.03. The summed E-state index contributed by atoms with van der Waals surface area (Å²) >= 11 is 12.0. The summed E-state index contributed by atoms with van der Waals surface area (Å²) in [7, 11) is 0. The highest BCUT2D eigenvalue weighted by Crippen LogP contribution is 2.56. The van der Waals surface area contributed by atoms with Gasteiger partial charge in [-0.1, -0.05) is 42.1 Å². The van der Waals surface area contributed by atoms with Crippen LogP contribution in [0.2, 0.25) is 10.0 Å². The zero-order chi connectivity index (χ0) is 12.7. The van der Waals surface area contributed by atoms with Gasteiger partial charge in [0.2, 0.25) is 0 Å². The average molecular weight is 284 g/mol. The SMILES string of the molecule is NC(Cc1ccc(Cl)c(Cl)c1)C1C2CCCCC21. The number of halogens is 2. The van der Waals surface area contributed by atoms with Crippen molar-refractivity contribution < 1.29 is 0 Å². The number of hydrogen-bond acceptors (Lipinski definition) is 1. The Kier molecular flexibility index (Phi) is 3.57. The van der Waals surface area contributed by atoms with Crippen molar-refractivity contribution in [2.75, 3.05) is 0 Å². The van der Waals surface area contributed by atoms with Gasteiger partial charge in [0.15, 0.2) is 0 Å². The van der Waals surface area contributed by atoms with E-state index >= 15 is 0 Å². The minimum atomic E-state index is 0.287. The van der Waals surface area contributed by atoms with E-state index in [4.69, 9.17) is 28.9 Å². The highest BCUT2D eigenvalue weighted by Gasteiger charge is 2.52. The first-order valence-electron chi connectivity index (χ1n) is 6.86. The molecular weight excluding hydrogens is 265 g/mol. The molecule has 3 heteroatoms. The first-order chi connectivity index (χ1) is 8.66. The van der Waals surface area contributed by atoms with Crippen LogP contribution in [0.25, 0.3) is 0 Å². The van der Waals surface area contributed by atoms with Gasteiger partial charge in [0, 0.05) is 6.04 Å². The molecule has 3 unspecified atom stereocenters. The van der Waals surface area contributed by atoms with Crippen LogP contribution in [-0.2, 0) is 6.42 Å². The van der Waals surface area contributed by atoms with Crippen LogP contribution >= 0.6 is 23.2 Å². The summed E-state index contributed by atoms with van der Waals surface area (Å²) in [5, 5.41) is 1.25. The van der Waals surface area contributed by atoms with Crippen molar-refractivity contribution in [1.82, 2.24) is 0 Å². The normalized spacial score (nSPS) is 31.8. The number of fused-ring (bicyclic) bond motifs is 1. The van der Waals surface area contributed by atoms with Crippen LogP contribution < -0.4 is 5.73 Å². The van der Waals surface area contributed by atoms with Gasteiger partial charge in [-0.05, 0) is 54.7 Å². The van der Waals surface area contributed by atoms with E-state index in [2.05, 4.69) is 0 Å². The molecular formula is C15H19Cl2N. The van der Waals surface area contributed by atoms with Gasteiger partial charge in [-0.25, -0.2) is 0 Å². The van der Waals surface area contributed by atoms with Crippen LogP contribution in [0.3, 0.4) is 0 Å². The lowest BCUT2D eigenvalue weighted by atomic mass is 10.0. The van der Waals surface area contributed by atoms with Gasteiger partial charge < -0.3 is 5.73 Å². The maximum Gasteiger partial charge on any atom is 0.0595 e. The van der Waals surface area contributed by atoms with Crippen molar-refractivity contribution in [3.05, 3.63) is 33.8 Å². The Morgan fingerprint density at radius 1 is 1.11 bits per heavy atom. The summed E-state index contributed by atoms with van der Waals surface area (Å²) in [4.78, 5) is 0. The van der Waals surface area contributed by atoms with Crippen LogP contribution in [0, 0.1) is 17.8 Å². The Balaban J connectivity index is 1.64. The lowest BCUT2D eigenvalue weighted by molar-refractivity contribution is 0.480. The molecule has 3 rings (SSSR count). The Morgan fingerprint density at radius 2 is 1.78 bits per heavy atom. The zero-order valence-electron chi connectivity index (χ0n) is 10.4. The van der Waals surface area contributed by atoms with Crippen LogP contribution in [0.1, 0.15) is 31.2 Å². The highest BCUT2D eigenvalue weighted by atomic mass is 35.5. The lowest BCUT2D eigenvalue weighted by Gasteiger charge is -2.12. The van der Waals surface area contributed by atoms with E-state index in [1.54, 1.807) is 0 Å². The fourth-order valence-corrected chi connectivity index (χ4v) is 4.08. The molecule has 3 atom stereocenters. The quantitative estimate of drug-likeness (QED) is 0.880. The Morgan fingerprint density at radius 3 is 2.39 bits per heavy atom. The van der Waals surface area contributed by atoms with Gasteiger partial charge in [-0.15, -0.1) is 0 Å². The maximum atomic E-state index is 6.38. The molecule has 2 aliphatic carbocycles. The van der Waals surface area contributed by atoms with E-state index in [0.29, 0.717) is 10.0 Å². The van der Waals surface area contributed by atoms with Gasteiger partial charge >= 0.3 is 0 Å². The second-order valence-electron chi connectivity index (χ2n) is 5.81. The van der Waals surface area contributed by atoms with E-state index in [-0.39, 0.29) is 6.04 Å². The van der Waals surface area contributed by atoms with E-state index < -0.39 is 0 Å². The van der Waals surface area contributed by atoms with Gasteiger partial charge in [-0.3, -0.25) is 0 Å². The minimum Gasteiger partial charge on any atom is -0.327 e. The average Bonchev–Trinajstić information content (AvgIpc) is 3.08. The molecule has 0 saturated heterocycles. The molecule has 1 aromatic carbocycles. The van der Waals surface area contributed by atoms with Gasteiger partial charge in [0.05, 0.1) is 10.0 Å². The molecule has 0 radical (unpaired) electrons. The van der Waals surface area contributed by atoms with Crippen LogP contribution in [-0.4, -0.2) is 6.04 Å². The first-order valence-corrected chi connectivity index (χ1v) is 7.62. The Bertz CT molecular complexity index is 434. The van der Waals surface area contributed by atoms with Crippen LogP contribution in [0.4, 0.5) is 0 Å².